The highest BCUT2D eigenvalue weighted by molar-refractivity contribution is 7.89. The Morgan fingerprint density at radius 3 is 2.40 bits per heavy atom. The predicted octanol–water partition coefficient (Wildman–Crippen LogP) is 4.71. The Kier molecular flexibility index (Phi) is 7.77. The summed E-state index contributed by atoms with van der Waals surface area (Å²) in [5.74, 6) is 2.19. The number of hydrogen-bond acceptors (Lipinski definition) is 6. The van der Waals surface area contributed by atoms with Crippen LogP contribution in [-0.4, -0.2) is 45.9 Å². The molecule has 0 unspecified atom stereocenters. The zero-order valence-electron chi connectivity index (χ0n) is 20.0. The van der Waals surface area contributed by atoms with Gasteiger partial charge in [0.1, 0.15) is 27.9 Å². The van der Waals surface area contributed by atoms with Crippen molar-refractivity contribution in [3.8, 4) is 22.8 Å². The van der Waals surface area contributed by atoms with Gasteiger partial charge in [-0.3, -0.25) is 4.79 Å². The average molecular weight is 499 g/mol. The second kappa shape index (κ2) is 11.0. The molecule has 35 heavy (non-hydrogen) atoms. The van der Waals surface area contributed by atoms with E-state index in [-0.39, 0.29) is 23.0 Å². The Morgan fingerprint density at radius 1 is 0.971 bits per heavy atom. The molecule has 8 nitrogen and oxygen atoms in total. The fourth-order valence-corrected chi connectivity index (χ4v) is 5.78. The van der Waals surface area contributed by atoms with Gasteiger partial charge < -0.3 is 19.2 Å². The molecule has 2 heterocycles. The first-order valence-corrected chi connectivity index (χ1v) is 13.1. The molecule has 1 fully saturated rings. The highest BCUT2D eigenvalue weighted by Gasteiger charge is 2.29. The van der Waals surface area contributed by atoms with Gasteiger partial charge in [-0.25, -0.2) is 8.42 Å². The van der Waals surface area contributed by atoms with E-state index in [0.29, 0.717) is 36.7 Å². The number of benzene rings is 2. The van der Waals surface area contributed by atoms with Crippen molar-refractivity contribution in [1.29, 1.82) is 0 Å². The van der Waals surface area contributed by atoms with E-state index in [2.05, 4.69) is 5.32 Å². The fraction of sp³-hybridized carbons (Fsp3) is 0.346. The van der Waals surface area contributed by atoms with Crippen molar-refractivity contribution < 1.29 is 27.1 Å². The highest BCUT2D eigenvalue weighted by Crippen LogP contribution is 2.31. The standard InChI is InChI=1S/C26H30N2O6S/c1-32-21-9-6-19(7-10-21)23-14-11-22(34-23)12-15-26(29)27-20-8-13-24(33-2)25(18-20)35(30,31)28-16-4-3-5-17-28/h6-11,13-14,18H,3-5,12,15-17H2,1-2H3,(H,27,29). The third-order valence-electron chi connectivity index (χ3n) is 6.01. The van der Waals surface area contributed by atoms with Crippen LogP contribution in [0.15, 0.2) is 63.9 Å². The number of hydrogen-bond donors (Lipinski definition) is 1. The quantitative estimate of drug-likeness (QED) is 0.459. The average Bonchev–Trinajstić information content (AvgIpc) is 3.37. The Balaban J connectivity index is 1.40. The van der Waals surface area contributed by atoms with Gasteiger partial charge in [0, 0.05) is 37.2 Å². The summed E-state index contributed by atoms with van der Waals surface area (Å²) in [6.07, 6.45) is 3.30. The smallest absolute Gasteiger partial charge is 0.246 e. The minimum absolute atomic E-state index is 0.0647. The summed E-state index contributed by atoms with van der Waals surface area (Å²) in [5, 5.41) is 2.80. The molecule has 1 saturated heterocycles. The van der Waals surface area contributed by atoms with Crippen LogP contribution in [0.2, 0.25) is 0 Å². The summed E-state index contributed by atoms with van der Waals surface area (Å²) in [6.45, 7) is 0.980. The number of ether oxygens (including phenoxy) is 2. The summed E-state index contributed by atoms with van der Waals surface area (Å²) in [7, 11) is -0.659. The van der Waals surface area contributed by atoms with E-state index in [0.717, 1.165) is 30.6 Å². The van der Waals surface area contributed by atoms with E-state index in [4.69, 9.17) is 13.9 Å². The Hall–Kier alpha value is -3.30. The number of rotatable bonds is 9. The number of amides is 1. The molecule has 186 valence electrons. The maximum absolute atomic E-state index is 13.2. The first-order valence-electron chi connectivity index (χ1n) is 11.6. The van der Waals surface area contributed by atoms with Crippen molar-refractivity contribution in [1.82, 2.24) is 4.31 Å². The molecule has 0 saturated carbocycles. The van der Waals surface area contributed by atoms with Gasteiger partial charge in [-0.15, -0.1) is 0 Å². The fourth-order valence-electron chi connectivity index (χ4n) is 4.08. The maximum Gasteiger partial charge on any atom is 0.246 e. The Morgan fingerprint density at radius 2 is 1.71 bits per heavy atom. The van der Waals surface area contributed by atoms with E-state index in [1.165, 1.54) is 17.5 Å². The lowest BCUT2D eigenvalue weighted by Crippen LogP contribution is -2.35. The SMILES string of the molecule is COc1ccc(-c2ccc(CCC(=O)Nc3ccc(OC)c(S(=O)(=O)N4CCCCC4)c3)o2)cc1. The number of methoxy groups -OCH3 is 2. The minimum atomic E-state index is -3.71. The van der Waals surface area contributed by atoms with E-state index in [1.54, 1.807) is 19.2 Å². The lowest BCUT2D eigenvalue weighted by Gasteiger charge is -2.26. The second-order valence-corrected chi connectivity index (χ2v) is 10.3. The maximum atomic E-state index is 13.2. The second-order valence-electron chi connectivity index (χ2n) is 8.37. The number of sulfonamides is 1. The van der Waals surface area contributed by atoms with Gasteiger partial charge in [0.15, 0.2) is 0 Å². The Labute approximate surface area is 205 Å². The van der Waals surface area contributed by atoms with Crippen LogP contribution in [-0.2, 0) is 21.2 Å². The van der Waals surface area contributed by atoms with Gasteiger partial charge >= 0.3 is 0 Å². The predicted molar refractivity (Wildman–Crippen MR) is 133 cm³/mol. The van der Waals surface area contributed by atoms with E-state index < -0.39 is 10.0 Å². The van der Waals surface area contributed by atoms with Crippen molar-refractivity contribution in [2.75, 3.05) is 32.6 Å². The van der Waals surface area contributed by atoms with Crippen LogP contribution in [0, 0.1) is 0 Å². The Bertz CT molecular complexity index is 1260. The van der Waals surface area contributed by atoms with Crippen molar-refractivity contribution in [2.24, 2.45) is 0 Å². The monoisotopic (exact) mass is 498 g/mol. The number of aryl methyl sites for hydroxylation is 1. The third kappa shape index (κ3) is 5.86. The van der Waals surface area contributed by atoms with Crippen molar-refractivity contribution in [2.45, 2.75) is 37.0 Å². The van der Waals surface area contributed by atoms with Crippen LogP contribution in [0.4, 0.5) is 5.69 Å². The van der Waals surface area contributed by atoms with Crippen LogP contribution < -0.4 is 14.8 Å². The van der Waals surface area contributed by atoms with Crippen LogP contribution in [0.5, 0.6) is 11.5 Å². The van der Waals surface area contributed by atoms with Crippen molar-refractivity contribution in [3.63, 3.8) is 0 Å². The molecule has 9 heteroatoms. The van der Waals surface area contributed by atoms with Gasteiger partial charge in [0.2, 0.25) is 15.9 Å². The van der Waals surface area contributed by atoms with Crippen LogP contribution in [0.3, 0.4) is 0 Å². The molecule has 4 rings (SSSR count). The van der Waals surface area contributed by atoms with Crippen molar-refractivity contribution in [3.05, 3.63) is 60.4 Å². The lowest BCUT2D eigenvalue weighted by molar-refractivity contribution is -0.116. The molecular formula is C26H30N2O6S. The van der Waals surface area contributed by atoms with Crippen LogP contribution in [0.1, 0.15) is 31.4 Å². The van der Waals surface area contributed by atoms with E-state index in [1.807, 2.05) is 36.4 Å². The number of furan rings is 1. The third-order valence-corrected chi connectivity index (χ3v) is 7.93. The molecule has 0 radical (unpaired) electrons. The minimum Gasteiger partial charge on any atom is -0.497 e. The number of carbonyl (C=O) groups excluding carboxylic acids is 1. The molecule has 0 bridgehead atoms. The number of anilines is 1. The number of piperidine rings is 1. The summed E-state index contributed by atoms with van der Waals surface area (Å²) in [4.78, 5) is 12.7. The molecular weight excluding hydrogens is 468 g/mol. The normalized spacial score (nSPS) is 14.5. The summed E-state index contributed by atoms with van der Waals surface area (Å²) in [5.41, 5.74) is 1.33. The molecule has 2 aromatic carbocycles. The largest absolute Gasteiger partial charge is 0.497 e. The number of nitrogens with one attached hydrogen (secondary N) is 1. The van der Waals surface area contributed by atoms with Gasteiger partial charge in [0.25, 0.3) is 0 Å². The van der Waals surface area contributed by atoms with Gasteiger partial charge in [-0.2, -0.15) is 4.31 Å². The molecule has 3 aromatic rings. The van der Waals surface area contributed by atoms with Gasteiger partial charge in [0.05, 0.1) is 14.2 Å². The molecule has 1 aliphatic heterocycles. The summed E-state index contributed by atoms with van der Waals surface area (Å²) < 4.78 is 44.2. The van der Waals surface area contributed by atoms with E-state index >= 15 is 0 Å². The molecule has 0 aliphatic carbocycles. The molecule has 0 spiro atoms. The number of carbonyl (C=O) groups is 1. The topological polar surface area (TPSA) is 98.1 Å². The van der Waals surface area contributed by atoms with Gasteiger partial charge in [-0.05, 0) is 67.4 Å². The highest BCUT2D eigenvalue weighted by atomic mass is 32.2. The summed E-state index contributed by atoms with van der Waals surface area (Å²) in [6, 6.07) is 15.9. The zero-order chi connectivity index (χ0) is 24.8. The van der Waals surface area contributed by atoms with Crippen LogP contribution in [0.25, 0.3) is 11.3 Å². The number of nitrogens with zero attached hydrogens (tertiary/aromatic N) is 1. The first kappa shape index (κ1) is 24.8. The van der Waals surface area contributed by atoms with E-state index in [9.17, 15) is 13.2 Å². The molecule has 1 N–H and O–H groups in total. The molecule has 1 aliphatic rings. The van der Waals surface area contributed by atoms with Gasteiger partial charge in [-0.1, -0.05) is 6.42 Å². The summed E-state index contributed by atoms with van der Waals surface area (Å²) >= 11 is 0. The first-order chi connectivity index (χ1) is 16.9. The molecule has 1 amide bonds. The zero-order valence-corrected chi connectivity index (χ0v) is 20.8. The molecule has 1 aromatic heterocycles. The molecule has 0 atom stereocenters. The van der Waals surface area contributed by atoms with Crippen molar-refractivity contribution >= 4 is 21.6 Å². The van der Waals surface area contributed by atoms with Crippen LogP contribution >= 0.6 is 0 Å². The lowest BCUT2D eigenvalue weighted by atomic mass is 10.2.